The predicted octanol–water partition coefficient (Wildman–Crippen LogP) is 1.63. The molecule has 0 aliphatic rings. The lowest BCUT2D eigenvalue weighted by molar-refractivity contribution is 0.303. The fourth-order valence-electron chi connectivity index (χ4n) is 1.74. The van der Waals surface area contributed by atoms with E-state index in [2.05, 4.69) is 39.5 Å². The maximum atomic E-state index is 5.39. The Morgan fingerprint density at radius 1 is 1.26 bits per heavy atom. The number of nitrogens with one attached hydrogen (secondary N) is 2. The summed E-state index contributed by atoms with van der Waals surface area (Å²) in [7, 11) is 0. The third kappa shape index (κ3) is 5.63. The molecule has 0 radical (unpaired) electrons. The van der Waals surface area contributed by atoms with E-state index in [9.17, 15) is 0 Å². The molecule has 7 heteroatoms. The minimum Gasteiger partial charge on any atom is -0.370 e. The van der Waals surface area contributed by atoms with Crippen molar-refractivity contribution in [2.24, 2.45) is 5.84 Å². The van der Waals surface area contributed by atoms with Crippen LogP contribution in [0, 0.1) is 0 Å². The van der Waals surface area contributed by atoms with Gasteiger partial charge in [-0.2, -0.15) is 0 Å². The van der Waals surface area contributed by atoms with E-state index < -0.39 is 0 Å². The van der Waals surface area contributed by atoms with E-state index in [0.29, 0.717) is 11.0 Å². The summed E-state index contributed by atoms with van der Waals surface area (Å²) in [5.74, 6) is 6.83. The lowest BCUT2D eigenvalue weighted by atomic mass is 10.3. The molecule has 1 aromatic heterocycles. The second-order valence-corrected chi connectivity index (χ2v) is 4.85. The number of nitrogens with zero attached hydrogens (tertiary/aromatic N) is 3. The zero-order valence-corrected chi connectivity index (χ0v) is 12.8. The summed E-state index contributed by atoms with van der Waals surface area (Å²) >= 11 is 1.50. The summed E-state index contributed by atoms with van der Waals surface area (Å²) in [6.45, 7) is 8.56. The summed E-state index contributed by atoms with van der Waals surface area (Å²) in [5, 5.41) is 4.02. The average molecular weight is 284 g/mol. The Kier molecular flexibility index (Phi) is 7.54. The molecule has 0 unspecified atom stereocenters. The van der Waals surface area contributed by atoms with Crippen LogP contribution in [0.3, 0.4) is 0 Å². The van der Waals surface area contributed by atoms with E-state index in [1.165, 1.54) is 11.8 Å². The van der Waals surface area contributed by atoms with Gasteiger partial charge in [-0.15, -0.1) is 0 Å². The monoisotopic (exact) mass is 284 g/mol. The molecule has 1 rings (SSSR count). The summed E-state index contributed by atoms with van der Waals surface area (Å²) < 4.78 is 0. The molecule has 0 amide bonds. The van der Waals surface area contributed by atoms with Crippen molar-refractivity contribution >= 4 is 23.4 Å². The first-order valence-electron chi connectivity index (χ1n) is 6.59. The van der Waals surface area contributed by atoms with Crippen LogP contribution in [0.4, 0.5) is 11.6 Å². The van der Waals surface area contributed by atoms with E-state index in [1.807, 2.05) is 12.3 Å². The first-order chi connectivity index (χ1) is 9.23. The number of hydrogen-bond acceptors (Lipinski definition) is 7. The number of nitrogen functional groups attached to an aromatic ring is 1. The second kappa shape index (κ2) is 8.95. The first-order valence-corrected chi connectivity index (χ1v) is 7.81. The minimum absolute atomic E-state index is 0.630. The third-order valence-electron chi connectivity index (χ3n) is 2.89. The molecular weight excluding hydrogens is 260 g/mol. The Labute approximate surface area is 119 Å². The normalized spacial score (nSPS) is 10.8. The van der Waals surface area contributed by atoms with E-state index in [-0.39, 0.29) is 0 Å². The van der Waals surface area contributed by atoms with Gasteiger partial charge in [0.2, 0.25) is 0 Å². The molecule has 108 valence electrons. The van der Waals surface area contributed by atoms with Gasteiger partial charge in [0.05, 0.1) is 0 Å². The summed E-state index contributed by atoms with van der Waals surface area (Å²) in [5.41, 5.74) is 2.56. The molecule has 0 atom stereocenters. The second-order valence-electron chi connectivity index (χ2n) is 4.08. The van der Waals surface area contributed by atoms with Gasteiger partial charge in [-0.1, -0.05) is 25.6 Å². The van der Waals surface area contributed by atoms with Gasteiger partial charge in [-0.05, 0) is 32.3 Å². The van der Waals surface area contributed by atoms with Gasteiger partial charge in [0.25, 0.3) is 0 Å². The highest BCUT2D eigenvalue weighted by atomic mass is 32.2. The first kappa shape index (κ1) is 16.0. The van der Waals surface area contributed by atoms with E-state index in [4.69, 9.17) is 5.84 Å². The zero-order valence-electron chi connectivity index (χ0n) is 11.9. The molecule has 6 nitrogen and oxygen atoms in total. The zero-order chi connectivity index (χ0) is 14.1. The Bertz CT molecular complexity index is 347. The van der Waals surface area contributed by atoms with E-state index >= 15 is 0 Å². The maximum absolute atomic E-state index is 5.39. The molecule has 0 fully saturated rings. The van der Waals surface area contributed by atoms with E-state index in [1.54, 1.807) is 0 Å². The van der Waals surface area contributed by atoms with Crippen molar-refractivity contribution in [1.82, 2.24) is 14.9 Å². The number of aromatic nitrogens is 2. The quantitative estimate of drug-likeness (QED) is 0.209. The summed E-state index contributed by atoms with van der Waals surface area (Å²) in [6, 6.07) is 1.82. The standard InChI is InChI=1S/C12H24N6S/c1-4-18(5-2)8-6-7-14-10-9-11(17-13)16-12(15-10)19-3/h9H,4-8,13H2,1-3H3,(H2,14,15,16,17). The Morgan fingerprint density at radius 3 is 2.53 bits per heavy atom. The lowest BCUT2D eigenvalue weighted by Crippen LogP contribution is -2.25. The number of rotatable bonds is 9. The SMILES string of the molecule is CCN(CC)CCCNc1cc(NN)nc(SC)n1. The van der Waals surface area contributed by atoms with Crippen molar-refractivity contribution in [3.05, 3.63) is 6.07 Å². The number of thioether (sulfide) groups is 1. The van der Waals surface area contributed by atoms with Crippen LogP contribution in [0.2, 0.25) is 0 Å². The molecule has 4 N–H and O–H groups in total. The largest absolute Gasteiger partial charge is 0.370 e. The van der Waals surface area contributed by atoms with Crippen LogP contribution in [-0.2, 0) is 0 Å². The lowest BCUT2D eigenvalue weighted by Gasteiger charge is -2.17. The van der Waals surface area contributed by atoms with Crippen molar-refractivity contribution in [3.8, 4) is 0 Å². The summed E-state index contributed by atoms with van der Waals surface area (Å²) in [4.78, 5) is 11.0. The van der Waals surface area contributed by atoms with Gasteiger partial charge >= 0.3 is 0 Å². The fourth-order valence-corrected chi connectivity index (χ4v) is 2.12. The van der Waals surface area contributed by atoms with Crippen LogP contribution < -0.4 is 16.6 Å². The van der Waals surface area contributed by atoms with Crippen molar-refractivity contribution < 1.29 is 0 Å². The molecule has 0 aliphatic carbocycles. The van der Waals surface area contributed by atoms with Crippen LogP contribution in [-0.4, -0.2) is 47.3 Å². The van der Waals surface area contributed by atoms with Crippen LogP contribution >= 0.6 is 11.8 Å². The Hall–Kier alpha value is -1.05. The van der Waals surface area contributed by atoms with Crippen molar-refractivity contribution in [3.63, 3.8) is 0 Å². The number of nitrogens with two attached hydrogens (primary N) is 1. The molecule has 0 saturated heterocycles. The highest BCUT2D eigenvalue weighted by Gasteiger charge is 2.03. The average Bonchev–Trinajstić information content (AvgIpc) is 2.47. The molecule has 0 bridgehead atoms. The molecule has 0 spiro atoms. The van der Waals surface area contributed by atoms with Crippen LogP contribution in [0.5, 0.6) is 0 Å². The molecule has 0 aromatic carbocycles. The molecule has 19 heavy (non-hydrogen) atoms. The van der Waals surface area contributed by atoms with Gasteiger partial charge < -0.3 is 15.6 Å². The molecule has 0 saturated carbocycles. The van der Waals surface area contributed by atoms with Gasteiger partial charge in [-0.25, -0.2) is 15.8 Å². The van der Waals surface area contributed by atoms with Crippen molar-refractivity contribution in [1.29, 1.82) is 0 Å². The predicted molar refractivity (Wildman–Crippen MR) is 82.5 cm³/mol. The minimum atomic E-state index is 0.630. The third-order valence-corrected chi connectivity index (χ3v) is 3.44. The Morgan fingerprint density at radius 2 is 1.95 bits per heavy atom. The maximum Gasteiger partial charge on any atom is 0.191 e. The Balaban J connectivity index is 2.44. The smallest absolute Gasteiger partial charge is 0.191 e. The van der Waals surface area contributed by atoms with Gasteiger partial charge in [0.15, 0.2) is 5.16 Å². The highest BCUT2D eigenvalue weighted by molar-refractivity contribution is 7.98. The number of hydrogen-bond donors (Lipinski definition) is 3. The van der Waals surface area contributed by atoms with Crippen LogP contribution in [0.25, 0.3) is 0 Å². The number of hydrazine groups is 1. The van der Waals surface area contributed by atoms with Gasteiger partial charge in [0, 0.05) is 12.6 Å². The van der Waals surface area contributed by atoms with Crippen molar-refractivity contribution in [2.75, 3.05) is 43.2 Å². The topological polar surface area (TPSA) is 79.1 Å². The van der Waals surface area contributed by atoms with Crippen molar-refractivity contribution in [2.45, 2.75) is 25.4 Å². The highest BCUT2D eigenvalue weighted by Crippen LogP contribution is 2.16. The van der Waals surface area contributed by atoms with Crippen LogP contribution in [0.15, 0.2) is 11.2 Å². The fraction of sp³-hybridized carbons (Fsp3) is 0.667. The van der Waals surface area contributed by atoms with Gasteiger partial charge in [-0.3, -0.25) is 0 Å². The summed E-state index contributed by atoms with van der Waals surface area (Å²) in [6.07, 6.45) is 3.03. The molecule has 0 aliphatic heterocycles. The number of anilines is 2. The molecule has 1 aromatic rings. The molecular formula is C12H24N6S. The van der Waals surface area contributed by atoms with Crippen LogP contribution in [0.1, 0.15) is 20.3 Å². The van der Waals surface area contributed by atoms with E-state index in [0.717, 1.165) is 38.4 Å². The molecule has 1 heterocycles. The van der Waals surface area contributed by atoms with Gasteiger partial charge in [0.1, 0.15) is 11.6 Å².